The van der Waals surface area contributed by atoms with E-state index in [1.165, 1.54) is 29.0 Å². The van der Waals surface area contributed by atoms with Crippen molar-refractivity contribution < 1.29 is 0 Å². The molecule has 2 aliphatic heterocycles. The standard InChI is InChI=1S/C17H27N3S/c1-12-13(2)21-9-8-20(12)17(11-18)14-4-5-16-15(10-14)6-7-19(16)3/h4-5,10,12-13,17H,6-9,11,18H2,1-3H3. The highest BCUT2D eigenvalue weighted by atomic mass is 32.2. The molecule has 3 unspecified atom stereocenters. The molecule has 3 atom stereocenters. The Bertz CT molecular complexity index is 505. The second kappa shape index (κ2) is 6.19. The molecule has 0 bridgehead atoms. The fourth-order valence-electron chi connectivity index (χ4n) is 3.65. The van der Waals surface area contributed by atoms with E-state index in [9.17, 15) is 0 Å². The normalized spacial score (nSPS) is 27.7. The van der Waals surface area contributed by atoms with Crippen LogP contribution in [0.25, 0.3) is 0 Å². The molecule has 2 heterocycles. The molecule has 116 valence electrons. The van der Waals surface area contributed by atoms with Gasteiger partial charge in [0.05, 0.1) is 0 Å². The lowest BCUT2D eigenvalue weighted by molar-refractivity contribution is 0.150. The summed E-state index contributed by atoms with van der Waals surface area (Å²) in [5.74, 6) is 1.22. The van der Waals surface area contributed by atoms with E-state index < -0.39 is 0 Å². The first-order valence-corrected chi connectivity index (χ1v) is 9.08. The number of likely N-dealkylation sites (N-methyl/N-ethyl adjacent to an activating group) is 1. The Morgan fingerprint density at radius 1 is 1.33 bits per heavy atom. The van der Waals surface area contributed by atoms with Gasteiger partial charge in [-0.05, 0) is 30.5 Å². The van der Waals surface area contributed by atoms with Crippen LogP contribution in [0.4, 0.5) is 5.69 Å². The van der Waals surface area contributed by atoms with Crippen molar-refractivity contribution in [1.29, 1.82) is 0 Å². The maximum Gasteiger partial charge on any atom is 0.0474 e. The van der Waals surface area contributed by atoms with Crippen LogP contribution in [0.1, 0.15) is 31.0 Å². The molecule has 1 saturated heterocycles. The molecule has 1 aromatic carbocycles. The third-order valence-corrected chi connectivity index (χ3v) is 6.51. The SMILES string of the molecule is CC1SCCN(C(CN)c2ccc3c(c2)CCN3C)C1C. The van der Waals surface area contributed by atoms with Gasteiger partial charge in [0.2, 0.25) is 0 Å². The van der Waals surface area contributed by atoms with Crippen molar-refractivity contribution in [2.45, 2.75) is 37.6 Å². The van der Waals surface area contributed by atoms with Crippen LogP contribution >= 0.6 is 11.8 Å². The van der Waals surface area contributed by atoms with Crippen LogP contribution in [0.2, 0.25) is 0 Å². The van der Waals surface area contributed by atoms with Crippen molar-refractivity contribution in [3.63, 3.8) is 0 Å². The molecule has 2 N–H and O–H groups in total. The molecule has 4 heteroatoms. The number of hydrogen-bond acceptors (Lipinski definition) is 4. The van der Waals surface area contributed by atoms with Crippen molar-refractivity contribution in [2.24, 2.45) is 5.73 Å². The number of fused-ring (bicyclic) bond motifs is 1. The first-order valence-electron chi connectivity index (χ1n) is 8.03. The molecular weight excluding hydrogens is 278 g/mol. The summed E-state index contributed by atoms with van der Waals surface area (Å²) in [7, 11) is 2.18. The molecule has 3 rings (SSSR count). The predicted molar refractivity (Wildman–Crippen MR) is 93.3 cm³/mol. The van der Waals surface area contributed by atoms with Crippen molar-refractivity contribution in [3.05, 3.63) is 29.3 Å². The number of hydrogen-bond donors (Lipinski definition) is 1. The number of nitrogens with zero attached hydrogens (tertiary/aromatic N) is 2. The quantitative estimate of drug-likeness (QED) is 0.930. The average molecular weight is 305 g/mol. The second-order valence-corrected chi connectivity index (χ2v) is 7.85. The van der Waals surface area contributed by atoms with E-state index in [-0.39, 0.29) is 0 Å². The lowest BCUT2D eigenvalue weighted by Gasteiger charge is -2.42. The Morgan fingerprint density at radius 3 is 2.90 bits per heavy atom. The molecule has 0 aliphatic carbocycles. The highest BCUT2D eigenvalue weighted by Gasteiger charge is 2.31. The predicted octanol–water partition coefficient (Wildman–Crippen LogP) is 2.50. The molecule has 0 aromatic heterocycles. The van der Waals surface area contributed by atoms with Gasteiger partial charge in [-0.25, -0.2) is 0 Å². The average Bonchev–Trinajstić information content (AvgIpc) is 2.85. The van der Waals surface area contributed by atoms with Crippen LogP contribution in [0.15, 0.2) is 18.2 Å². The first-order chi connectivity index (χ1) is 10.1. The minimum absolute atomic E-state index is 0.361. The highest BCUT2D eigenvalue weighted by Crippen LogP contribution is 2.34. The molecule has 3 nitrogen and oxygen atoms in total. The summed E-state index contributed by atoms with van der Waals surface area (Å²) in [6.07, 6.45) is 1.17. The van der Waals surface area contributed by atoms with Crippen molar-refractivity contribution in [2.75, 3.05) is 37.3 Å². The number of anilines is 1. The minimum atomic E-state index is 0.361. The molecule has 1 fully saturated rings. The van der Waals surface area contributed by atoms with Gasteiger partial charge in [-0.15, -0.1) is 0 Å². The highest BCUT2D eigenvalue weighted by molar-refractivity contribution is 8.00. The molecule has 0 saturated carbocycles. The Hall–Kier alpha value is -0.710. The molecular formula is C17H27N3S. The first kappa shape index (κ1) is 15.2. The molecule has 1 aromatic rings. The summed E-state index contributed by atoms with van der Waals surface area (Å²) >= 11 is 2.08. The molecule has 0 amide bonds. The Morgan fingerprint density at radius 2 is 2.14 bits per heavy atom. The topological polar surface area (TPSA) is 32.5 Å². The number of rotatable bonds is 3. The smallest absolute Gasteiger partial charge is 0.0474 e. The van der Waals surface area contributed by atoms with E-state index in [0.717, 1.165) is 13.1 Å². The Labute approximate surface area is 132 Å². The van der Waals surface area contributed by atoms with Gasteiger partial charge in [0.1, 0.15) is 0 Å². The lowest BCUT2D eigenvalue weighted by atomic mass is 9.99. The zero-order valence-corrected chi connectivity index (χ0v) is 14.2. The van der Waals surface area contributed by atoms with E-state index in [4.69, 9.17) is 5.73 Å². The van der Waals surface area contributed by atoms with Gasteiger partial charge in [0.15, 0.2) is 0 Å². The zero-order valence-electron chi connectivity index (χ0n) is 13.4. The van der Waals surface area contributed by atoms with E-state index in [2.05, 4.69) is 60.7 Å². The zero-order chi connectivity index (χ0) is 15.0. The molecule has 0 radical (unpaired) electrons. The summed E-state index contributed by atoms with van der Waals surface area (Å²) in [5, 5.41) is 0.688. The van der Waals surface area contributed by atoms with E-state index in [0.29, 0.717) is 23.9 Å². The summed E-state index contributed by atoms with van der Waals surface area (Å²) < 4.78 is 0. The summed E-state index contributed by atoms with van der Waals surface area (Å²) in [6.45, 7) is 7.68. The number of nitrogens with two attached hydrogens (primary N) is 1. The van der Waals surface area contributed by atoms with Crippen molar-refractivity contribution in [3.8, 4) is 0 Å². The maximum absolute atomic E-state index is 6.16. The summed E-state index contributed by atoms with van der Waals surface area (Å²) in [4.78, 5) is 4.96. The maximum atomic E-state index is 6.16. The second-order valence-electron chi connectivity index (χ2n) is 6.37. The molecule has 2 aliphatic rings. The van der Waals surface area contributed by atoms with Gasteiger partial charge < -0.3 is 10.6 Å². The summed E-state index contributed by atoms with van der Waals surface area (Å²) in [6, 6.07) is 7.92. The van der Waals surface area contributed by atoms with Crippen LogP contribution in [0.3, 0.4) is 0 Å². The Balaban J connectivity index is 1.86. The third-order valence-electron chi connectivity index (χ3n) is 5.17. The van der Waals surface area contributed by atoms with E-state index in [1.54, 1.807) is 0 Å². The largest absolute Gasteiger partial charge is 0.374 e. The van der Waals surface area contributed by atoms with Crippen LogP contribution in [-0.2, 0) is 6.42 Å². The lowest BCUT2D eigenvalue weighted by Crippen LogP contribution is -2.48. The fourth-order valence-corrected chi connectivity index (χ4v) is 4.78. The van der Waals surface area contributed by atoms with Gasteiger partial charge in [0.25, 0.3) is 0 Å². The van der Waals surface area contributed by atoms with Gasteiger partial charge >= 0.3 is 0 Å². The van der Waals surface area contributed by atoms with Crippen LogP contribution < -0.4 is 10.6 Å². The van der Waals surface area contributed by atoms with E-state index >= 15 is 0 Å². The fraction of sp³-hybridized carbons (Fsp3) is 0.647. The number of thioether (sulfide) groups is 1. The molecule has 21 heavy (non-hydrogen) atoms. The van der Waals surface area contributed by atoms with Crippen molar-refractivity contribution >= 4 is 17.4 Å². The van der Waals surface area contributed by atoms with Crippen LogP contribution in [0.5, 0.6) is 0 Å². The molecule has 0 spiro atoms. The monoisotopic (exact) mass is 305 g/mol. The number of benzene rings is 1. The van der Waals surface area contributed by atoms with Crippen LogP contribution in [-0.4, -0.2) is 48.6 Å². The van der Waals surface area contributed by atoms with Gasteiger partial charge in [-0.2, -0.15) is 11.8 Å². The van der Waals surface area contributed by atoms with Gasteiger partial charge in [-0.1, -0.05) is 19.1 Å². The van der Waals surface area contributed by atoms with E-state index in [1.807, 2.05) is 0 Å². The minimum Gasteiger partial charge on any atom is -0.374 e. The third kappa shape index (κ3) is 2.81. The summed E-state index contributed by atoms with van der Waals surface area (Å²) in [5.41, 5.74) is 10.4. The van der Waals surface area contributed by atoms with Crippen molar-refractivity contribution in [1.82, 2.24) is 4.90 Å². The van der Waals surface area contributed by atoms with Crippen LogP contribution in [0, 0.1) is 0 Å². The van der Waals surface area contributed by atoms with Gasteiger partial charge in [0, 0.05) is 55.5 Å². The Kier molecular flexibility index (Phi) is 4.48. The van der Waals surface area contributed by atoms with Gasteiger partial charge in [-0.3, -0.25) is 4.90 Å².